The average molecular weight is 206 g/mol. The second kappa shape index (κ2) is 4.97. The first-order valence-electron chi connectivity index (χ1n) is 4.66. The van der Waals surface area contributed by atoms with E-state index in [-0.39, 0.29) is 0 Å². The molecular formula is C12H14OS. The van der Waals surface area contributed by atoms with E-state index in [9.17, 15) is 4.79 Å². The van der Waals surface area contributed by atoms with Crippen LogP contribution in [0.15, 0.2) is 11.4 Å². The Kier molecular flexibility index (Phi) is 3.91. The number of hydrogen-bond acceptors (Lipinski definition) is 2. The third-order valence-electron chi connectivity index (χ3n) is 2.33. The van der Waals surface area contributed by atoms with Crippen molar-refractivity contribution in [3.05, 3.63) is 21.9 Å². The number of rotatable bonds is 4. The van der Waals surface area contributed by atoms with E-state index in [1.165, 1.54) is 16.9 Å². The second-order valence-corrected chi connectivity index (χ2v) is 4.60. The number of terminal acetylenes is 1. The summed E-state index contributed by atoms with van der Waals surface area (Å²) >= 11 is 1.48. The molecule has 1 aromatic heterocycles. The second-order valence-electron chi connectivity index (χ2n) is 3.66. The number of hydrogen-bond donors (Lipinski definition) is 0. The number of carbonyl (C=O) groups excluding carboxylic acids is 1. The van der Waals surface area contributed by atoms with E-state index < -0.39 is 0 Å². The summed E-state index contributed by atoms with van der Waals surface area (Å²) < 4.78 is 0. The summed E-state index contributed by atoms with van der Waals surface area (Å²) in [6.07, 6.45) is 6.96. The van der Waals surface area contributed by atoms with Gasteiger partial charge >= 0.3 is 0 Å². The first-order chi connectivity index (χ1) is 6.69. The summed E-state index contributed by atoms with van der Waals surface area (Å²) in [7, 11) is 0. The van der Waals surface area contributed by atoms with Crippen LogP contribution in [0.2, 0.25) is 0 Å². The van der Waals surface area contributed by atoms with Crippen LogP contribution < -0.4 is 0 Å². The molecule has 1 heterocycles. The summed E-state index contributed by atoms with van der Waals surface area (Å²) in [4.78, 5) is 11.3. The molecule has 0 aliphatic rings. The van der Waals surface area contributed by atoms with Crippen molar-refractivity contribution in [1.82, 2.24) is 0 Å². The molecule has 0 radical (unpaired) electrons. The van der Waals surface area contributed by atoms with Crippen LogP contribution in [0.3, 0.4) is 0 Å². The van der Waals surface area contributed by atoms with Gasteiger partial charge < -0.3 is 0 Å². The van der Waals surface area contributed by atoms with E-state index in [0.717, 1.165) is 17.6 Å². The largest absolute Gasteiger partial charge is 0.297 e. The number of aldehydes is 1. The third-order valence-corrected chi connectivity index (χ3v) is 3.20. The number of carbonyl (C=O) groups is 1. The molecule has 0 saturated carbocycles. The molecule has 1 atom stereocenters. The first kappa shape index (κ1) is 11.0. The molecule has 1 rings (SSSR count). The molecule has 0 N–H and O–H groups in total. The molecule has 1 aromatic rings. The van der Waals surface area contributed by atoms with Gasteiger partial charge in [-0.3, -0.25) is 4.79 Å². The maximum atomic E-state index is 10.5. The predicted molar refractivity (Wildman–Crippen MR) is 60.7 cm³/mol. The van der Waals surface area contributed by atoms with Crippen LogP contribution in [0.1, 0.15) is 41.4 Å². The molecule has 0 fully saturated rings. The molecule has 1 unspecified atom stereocenters. The van der Waals surface area contributed by atoms with Crippen molar-refractivity contribution in [2.24, 2.45) is 5.92 Å². The normalized spacial score (nSPS) is 12.4. The van der Waals surface area contributed by atoms with Crippen molar-refractivity contribution >= 4 is 17.6 Å². The first-order valence-corrected chi connectivity index (χ1v) is 5.54. The Bertz CT molecular complexity index is 343. The molecule has 14 heavy (non-hydrogen) atoms. The Hall–Kier alpha value is -1.07. The highest BCUT2D eigenvalue weighted by Crippen LogP contribution is 2.30. The van der Waals surface area contributed by atoms with Gasteiger partial charge in [0.25, 0.3) is 0 Å². The van der Waals surface area contributed by atoms with Crippen LogP contribution in [0, 0.1) is 18.3 Å². The van der Waals surface area contributed by atoms with Gasteiger partial charge in [0.05, 0.1) is 4.88 Å². The molecule has 0 aliphatic carbocycles. The maximum Gasteiger partial charge on any atom is 0.160 e. The molecular weight excluding hydrogens is 192 g/mol. The minimum Gasteiger partial charge on any atom is -0.297 e. The molecule has 0 amide bonds. The highest BCUT2D eigenvalue weighted by molar-refractivity contribution is 7.11. The lowest BCUT2D eigenvalue weighted by atomic mass is 9.87. The summed E-state index contributed by atoms with van der Waals surface area (Å²) in [6, 6.07) is 1.94. The Balaban J connectivity index is 2.88. The van der Waals surface area contributed by atoms with Crippen molar-refractivity contribution in [3.63, 3.8) is 0 Å². The fourth-order valence-corrected chi connectivity index (χ4v) is 2.26. The van der Waals surface area contributed by atoms with E-state index >= 15 is 0 Å². The smallest absolute Gasteiger partial charge is 0.160 e. The van der Waals surface area contributed by atoms with Crippen LogP contribution in [0.5, 0.6) is 0 Å². The van der Waals surface area contributed by atoms with E-state index in [1.807, 2.05) is 11.4 Å². The van der Waals surface area contributed by atoms with Crippen LogP contribution in [0.25, 0.3) is 0 Å². The monoisotopic (exact) mass is 206 g/mol. The van der Waals surface area contributed by atoms with Gasteiger partial charge in [-0.25, -0.2) is 0 Å². The Labute approximate surface area is 89.2 Å². The van der Waals surface area contributed by atoms with Gasteiger partial charge in [-0.2, -0.15) is 0 Å². The average Bonchev–Trinajstić information content (AvgIpc) is 2.61. The highest BCUT2D eigenvalue weighted by Gasteiger charge is 2.15. The van der Waals surface area contributed by atoms with E-state index in [0.29, 0.717) is 11.8 Å². The Morgan fingerprint density at radius 1 is 1.64 bits per heavy atom. The van der Waals surface area contributed by atoms with Crippen molar-refractivity contribution in [1.29, 1.82) is 0 Å². The summed E-state index contributed by atoms with van der Waals surface area (Å²) in [5.41, 5.74) is 1.20. The van der Waals surface area contributed by atoms with Gasteiger partial charge in [0, 0.05) is 6.42 Å². The van der Waals surface area contributed by atoms with Crippen molar-refractivity contribution in [3.8, 4) is 12.3 Å². The van der Waals surface area contributed by atoms with Crippen molar-refractivity contribution < 1.29 is 4.79 Å². The Morgan fingerprint density at radius 2 is 2.36 bits per heavy atom. The zero-order valence-corrected chi connectivity index (χ0v) is 9.30. The molecule has 1 nitrogen and oxygen atoms in total. The highest BCUT2D eigenvalue weighted by atomic mass is 32.1. The van der Waals surface area contributed by atoms with Gasteiger partial charge in [-0.15, -0.1) is 23.7 Å². The molecule has 74 valence electrons. The summed E-state index contributed by atoms with van der Waals surface area (Å²) in [5.74, 6) is 3.58. The minimum atomic E-state index is 0.380. The van der Waals surface area contributed by atoms with Crippen LogP contribution in [-0.4, -0.2) is 6.29 Å². The summed E-state index contributed by atoms with van der Waals surface area (Å²) in [6.45, 7) is 4.31. The van der Waals surface area contributed by atoms with Crippen LogP contribution in [-0.2, 0) is 0 Å². The topological polar surface area (TPSA) is 17.1 Å². The van der Waals surface area contributed by atoms with Gasteiger partial charge in [-0.05, 0) is 28.8 Å². The molecule has 0 saturated heterocycles. The maximum absolute atomic E-state index is 10.5. The molecule has 0 aliphatic heterocycles. The Morgan fingerprint density at radius 3 is 2.79 bits per heavy atom. The van der Waals surface area contributed by atoms with Gasteiger partial charge in [-0.1, -0.05) is 13.8 Å². The van der Waals surface area contributed by atoms with Crippen LogP contribution in [0.4, 0.5) is 0 Å². The SMILES string of the molecule is C#CCC(c1csc(C=O)c1)C(C)C. The lowest BCUT2D eigenvalue weighted by molar-refractivity contribution is 0.112. The van der Waals surface area contributed by atoms with Gasteiger partial charge in [0.2, 0.25) is 0 Å². The van der Waals surface area contributed by atoms with Crippen LogP contribution >= 0.6 is 11.3 Å². The van der Waals surface area contributed by atoms with Crippen molar-refractivity contribution in [2.75, 3.05) is 0 Å². The van der Waals surface area contributed by atoms with Gasteiger partial charge in [0.15, 0.2) is 6.29 Å². The van der Waals surface area contributed by atoms with Crippen molar-refractivity contribution in [2.45, 2.75) is 26.2 Å². The zero-order valence-electron chi connectivity index (χ0n) is 8.49. The molecule has 0 spiro atoms. The van der Waals surface area contributed by atoms with E-state index in [2.05, 4.69) is 19.8 Å². The zero-order chi connectivity index (χ0) is 10.6. The quantitative estimate of drug-likeness (QED) is 0.545. The van der Waals surface area contributed by atoms with E-state index in [4.69, 9.17) is 6.42 Å². The lowest BCUT2D eigenvalue weighted by Crippen LogP contribution is -2.04. The minimum absolute atomic E-state index is 0.380. The standard InChI is InChI=1S/C12H14OS/c1-4-5-12(9(2)3)10-6-11(7-13)14-8-10/h1,6-9,12H,5H2,2-3H3. The fraction of sp³-hybridized carbons (Fsp3) is 0.417. The number of thiophene rings is 1. The van der Waals surface area contributed by atoms with E-state index in [1.54, 1.807) is 0 Å². The molecule has 0 aromatic carbocycles. The lowest BCUT2D eigenvalue weighted by Gasteiger charge is -2.16. The van der Waals surface area contributed by atoms with Gasteiger partial charge in [0.1, 0.15) is 0 Å². The predicted octanol–water partition coefficient (Wildman–Crippen LogP) is 3.32. The third kappa shape index (κ3) is 2.46. The molecule has 0 bridgehead atoms. The fourth-order valence-electron chi connectivity index (χ4n) is 1.49. The molecule has 2 heteroatoms. The summed E-state index contributed by atoms with van der Waals surface area (Å²) in [5, 5.41) is 2.03.